The van der Waals surface area contributed by atoms with Crippen LogP contribution in [0.15, 0.2) is 42.5 Å². The van der Waals surface area contributed by atoms with E-state index in [-0.39, 0.29) is 11.2 Å². The number of carbonyl (C=O) groups excluding carboxylic acids is 1. The van der Waals surface area contributed by atoms with Gasteiger partial charge in [0.05, 0.1) is 12.8 Å². The number of carbonyl (C=O) groups is 1. The molecule has 0 fully saturated rings. The van der Waals surface area contributed by atoms with Crippen LogP contribution in [0.3, 0.4) is 0 Å². The van der Waals surface area contributed by atoms with Crippen molar-refractivity contribution in [3.05, 3.63) is 59.2 Å². The smallest absolute Gasteiger partial charge is 0.193 e. The summed E-state index contributed by atoms with van der Waals surface area (Å²) in [6.45, 7) is 6.44. The molecule has 21 heavy (non-hydrogen) atoms. The Balaban J connectivity index is 2.30. The van der Waals surface area contributed by atoms with Crippen LogP contribution in [0.5, 0.6) is 5.75 Å². The van der Waals surface area contributed by atoms with Crippen LogP contribution in [0.2, 0.25) is 0 Å². The Hall–Kier alpha value is -2.29. The molecule has 0 aliphatic rings. The lowest BCUT2D eigenvalue weighted by Crippen LogP contribution is -2.11. The first-order valence-corrected chi connectivity index (χ1v) is 6.91. The van der Waals surface area contributed by atoms with Crippen LogP contribution in [0.4, 0.5) is 5.69 Å². The molecule has 2 aromatic rings. The minimum Gasteiger partial charge on any atom is -0.495 e. The van der Waals surface area contributed by atoms with E-state index in [1.54, 1.807) is 25.3 Å². The molecule has 0 bridgehead atoms. The van der Waals surface area contributed by atoms with Crippen LogP contribution < -0.4 is 10.5 Å². The lowest BCUT2D eigenvalue weighted by molar-refractivity contribution is 0.103. The second kappa shape index (κ2) is 5.60. The predicted octanol–water partition coefficient (Wildman–Crippen LogP) is 3.81. The number of hydrogen-bond acceptors (Lipinski definition) is 3. The highest BCUT2D eigenvalue weighted by Gasteiger charge is 2.15. The van der Waals surface area contributed by atoms with Gasteiger partial charge in [-0.15, -0.1) is 0 Å². The van der Waals surface area contributed by atoms with Crippen molar-refractivity contribution in [1.82, 2.24) is 0 Å². The van der Waals surface area contributed by atoms with Gasteiger partial charge in [0.1, 0.15) is 5.75 Å². The Labute approximate surface area is 125 Å². The molecule has 0 radical (unpaired) electrons. The summed E-state index contributed by atoms with van der Waals surface area (Å²) in [5.41, 5.74) is 8.82. The first-order valence-electron chi connectivity index (χ1n) is 6.91. The highest BCUT2D eigenvalue weighted by atomic mass is 16.5. The molecule has 2 rings (SSSR count). The van der Waals surface area contributed by atoms with Gasteiger partial charge in [-0.1, -0.05) is 45.0 Å². The number of ether oxygens (including phenoxy) is 1. The number of hydrogen-bond donors (Lipinski definition) is 1. The predicted molar refractivity (Wildman–Crippen MR) is 86.0 cm³/mol. The zero-order chi connectivity index (χ0) is 15.6. The summed E-state index contributed by atoms with van der Waals surface area (Å²) in [5.74, 6) is 0.541. The van der Waals surface area contributed by atoms with Crippen LogP contribution in [0.25, 0.3) is 0 Å². The van der Waals surface area contributed by atoms with Gasteiger partial charge >= 0.3 is 0 Å². The summed E-state index contributed by atoms with van der Waals surface area (Å²) < 4.78 is 5.10. The molecule has 0 aliphatic carbocycles. The highest BCUT2D eigenvalue weighted by molar-refractivity contribution is 6.09. The van der Waals surface area contributed by atoms with Gasteiger partial charge in [0.2, 0.25) is 0 Å². The zero-order valence-corrected chi connectivity index (χ0v) is 12.9. The standard InChI is InChI=1S/C18H21NO2/c1-18(2,3)14-8-5-12(6-9-14)17(20)13-7-10-16(21-4)15(19)11-13/h5-11H,19H2,1-4H3. The van der Waals surface area contributed by atoms with Gasteiger partial charge in [-0.25, -0.2) is 0 Å². The van der Waals surface area contributed by atoms with Gasteiger partial charge in [0.25, 0.3) is 0 Å². The minimum absolute atomic E-state index is 0.0372. The molecule has 0 atom stereocenters. The van der Waals surface area contributed by atoms with Crippen LogP contribution in [0, 0.1) is 0 Å². The maximum Gasteiger partial charge on any atom is 0.193 e. The second-order valence-electron chi connectivity index (χ2n) is 6.11. The molecule has 0 heterocycles. The van der Waals surface area contributed by atoms with E-state index >= 15 is 0 Å². The lowest BCUT2D eigenvalue weighted by atomic mass is 9.86. The maximum atomic E-state index is 12.5. The molecule has 0 unspecified atom stereocenters. The molecule has 0 aliphatic heterocycles. The molecule has 0 saturated carbocycles. The van der Waals surface area contributed by atoms with Crippen LogP contribution in [-0.4, -0.2) is 12.9 Å². The van der Waals surface area contributed by atoms with Crippen LogP contribution in [0.1, 0.15) is 42.3 Å². The van der Waals surface area contributed by atoms with Crippen molar-refractivity contribution in [1.29, 1.82) is 0 Å². The first-order chi connectivity index (χ1) is 9.82. The van der Waals surface area contributed by atoms with Crippen molar-refractivity contribution in [3.8, 4) is 5.75 Å². The lowest BCUT2D eigenvalue weighted by Gasteiger charge is -2.19. The third-order valence-corrected chi connectivity index (χ3v) is 3.51. The van der Waals surface area contributed by atoms with Gasteiger partial charge in [-0.2, -0.15) is 0 Å². The van der Waals surface area contributed by atoms with Crippen LogP contribution in [-0.2, 0) is 5.41 Å². The molecule has 2 N–H and O–H groups in total. The summed E-state index contributed by atoms with van der Waals surface area (Å²) in [7, 11) is 1.55. The van der Waals surface area contributed by atoms with E-state index in [1.165, 1.54) is 5.56 Å². The van der Waals surface area contributed by atoms with E-state index in [1.807, 2.05) is 24.3 Å². The number of rotatable bonds is 3. The fraction of sp³-hybridized carbons (Fsp3) is 0.278. The monoisotopic (exact) mass is 283 g/mol. The first kappa shape index (κ1) is 15.1. The molecular formula is C18H21NO2. The van der Waals surface area contributed by atoms with Crippen molar-refractivity contribution >= 4 is 11.5 Å². The van der Waals surface area contributed by atoms with Crippen LogP contribution >= 0.6 is 0 Å². The minimum atomic E-state index is -0.0372. The fourth-order valence-electron chi connectivity index (χ4n) is 2.16. The van der Waals surface area contributed by atoms with Crippen molar-refractivity contribution < 1.29 is 9.53 Å². The van der Waals surface area contributed by atoms with Gasteiger partial charge in [0.15, 0.2) is 5.78 Å². The molecule has 3 nitrogen and oxygen atoms in total. The number of benzene rings is 2. The average Bonchev–Trinajstić information content (AvgIpc) is 2.45. The summed E-state index contributed by atoms with van der Waals surface area (Å²) in [6, 6.07) is 12.8. The van der Waals surface area contributed by atoms with E-state index in [2.05, 4.69) is 20.8 Å². The summed E-state index contributed by atoms with van der Waals surface area (Å²) in [5, 5.41) is 0. The molecule has 0 amide bonds. The molecule has 0 saturated heterocycles. The van der Waals surface area contributed by atoms with Crippen molar-refractivity contribution in [3.63, 3.8) is 0 Å². The molecule has 3 heteroatoms. The number of nitrogen functional groups attached to an aromatic ring is 1. The second-order valence-corrected chi connectivity index (χ2v) is 6.11. The Kier molecular flexibility index (Phi) is 4.03. The van der Waals surface area contributed by atoms with E-state index in [9.17, 15) is 4.79 Å². The Morgan fingerprint density at radius 2 is 1.57 bits per heavy atom. The van der Waals surface area contributed by atoms with Crippen molar-refractivity contribution in [2.24, 2.45) is 0 Å². The van der Waals surface area contributed by atoms with Crippen molar-refractivity contribution in [2.75, 3.05) is 12.8 Å². The van der Waals surface area contributed by atoms with E-state index in [4.69, 9.17) is 10.5 Å². The summed E-state index contributed by atoms with van der Waals surface area (Å²) in [6.07, 6.45) is 0. The zero-order valence-electron chi connectivity index (χ0n) is 12.9. The number of nitrogens with two attached hydrogens (primary N) is 1. The maximum absolute atomic E-state index is 12.5. The molecular weight excluding hydrogens is 262 g/mol. The topological polar surface area (TPSA) is 52.3 Å². The highest BCUT2D eigenvalue weighted by Crippen LogP contribution is 2.25. The van der Waals surface area contributed by atoms with E-state index in [0.29, 0.717) is 22.6 Å². The van der Waals surface area contributed by atoms with Gasteiger partial charge < -0.3 is 10.5 Å². The Morgan fingerprint density at radius 3 is 2.05 bits per heavy atom. The van der Waals surface area contributed by atoms with E-state index in [0.717, 1.165) is 0 Å². The normalized spacial score (nSPS) is 11.2. The van der Waals surface area contributed by atoms with Crippen molar-refractivity contribution in [2.45, 2.75) is 26.2 Å². The number of anilines is 1. The molecule has 2 aromatic carbocycles. The molecule has 0 spiro atoms. The SMILES string of the molecule is COc1ccc(C(=O)c2ccc(C(C)(C)C)cc2)cc1N. The third kappa shape index (κ3) is 3.24. The van der Waals surface area contributed by atoms with Gasteiger partial charge in [-0.05, 0) is 29.2 Å². The fourth-order valence-corrected chi connectivity index (χ4v) is 2.16. The quantitative estimate of drug-likeness (QED) is 0.688. The summed E-state index contributed by atoms with van der Waals surface area (Å²) in [4.78, 5) is 12.5. The Bertz CT molecular complexity index is 652. The molecule has 0 aromatic heterocycles. The third-order valence-electron chi connectivity index (χ3n) is 3.51. The Morgan fingerprint density at radius 1 is 1.00 bits per heavy atom. The molecule has 110 valence electrons. The van der Waals surface area contributed by atoms with Gasteiger partial charge in [0, 0.05) is 11.1 Å². The van der Waals surface area contributed by atoms with E-state index < -0.39 is 0 Å². The average molecular weight is 283 g/mol. The number of methoxy groups -OCH3 is 1. The largest absolute Gasteiger partial charge is 0.495 e. The number of ketones is 1. The summed E-state index contributed by atoms with van der Waals surface area (Å²) >= 11 is 0. The van der Waals surface area contributed by atoms with Gasteiger partial charge in [-0.3, -0.25) is 4.79 Å².